The zero-order valence-corrected chi connectivity index (χ0v) is 17.2. The van der Waals surface area contributed by atoms with Gasteiger partial charge in [-0.25, -0.2) is 0 Å². The Balaban J connectivity index is 2.25. The quantitative estimate of drug-likeness (QED) is 0.702. The van der Waals surface area contributed by atoms with Crippen LogP contribution in [-0.2, 0) is 25.3 Å². The van der Waals surface area contributed by atoms with E-state index in [1.54, 1.807) is 13.8 Å². The van der Waals surface area contributed by atoms with Gasteiger partial charge in [0.25, 0.3) is 0 Å². The van der Waals surface area contributed by atoms with Gasteiger partial charge in [0, 0.05) is 19.1 Å². The molecule has 1 aliphatic rings. The summed E-state index contributed by atoms with van der Waals surface area (Å²) in [5.74, 6) is 0.658. The van der Waals surface area contributed by atoms with Gasteiger partial charge in [0.15, 0.2) is 5.12 Å². The minimum Gasteiger partial charge on any atom is -0.400 e. The molecule has 0 N–H and O–H groups in total. The van der Waals surface area contributed by atoms with E-state index in [2.05, 4.69) is 0 Å². The molecule has 2 rings (SSSR count). The highest BCUT2D eigenvalue weighted by Crippen LogP contribution is 2.39. The molecule has 1 fully saturated rings. The first kappa shape index (κ1) is 20.9. The van der Waals surface area contributed by atoms with Gasteiger partial charge in [-0.05, 0) is 51.2 Å². The molecule has 1 aromatic rings. The zero-order chi connectivity index (χ0) is 19.5. The summed E-state index contributed by atoms with van der Waals surface area (Å²) >= 11 is 1.25. The molecule has 140 valence electrons. The summed E-state index contributed by atoms with van der Waals surface area (Å²) in [5.41, 5.74) is 2.05. The lowest BCUT2D eigenvalue weighted by molar-refractivity contribution is -0.116. The van der Waals surface area contributed by atoms with E-state index < -0.39 is 18.3 Å². The maximum atomic E-state index is 11.4. The molecule has 0 amide bonds. The van der Waals surface area contributed by atoms with Crippen molar-refractivity contribution in [1.29, 1.82) is 0 Å². The second-order valence-electron chi connectivity index (χ2n) is 7.71. The van der Waals surface area contributed by atoms with Crippen LogP contribution in [0.5, 0.6) is 0 Å². The molecule has 26 heavy (non-hydrogen) atoms. The predicted molar refractivity (Wildman–Crippen MR) is 108 cm³/mol. The first-order valence-electron chi connectivity index (χ1n) is 8.78. The highest BCUT2D eigenvalue weighted by molar-refractivity contribution is 8.13. The summed E-state index contributed by atoms with van der Waals surface area (Å²) in [7, 11) is -0.483. The Kier molecular flexibility index (Phi) is 6.53. The Hall–Kier alpha value is -1.37. The van der Waals surface area contributed by atoms with E-state index in [1.165, 1.54) is 11.8 Å². The van der Waals surface area contributed by atoms with Gasteiger partial charge in [-0.2, -0.15) is 0 Å². The smallest absolute Gasteiger partial charge is 0.400 e. The predicted octanol–water partition coefficient (Wildman–Crippen LogP) is 4.11. The van der Waals surface area contributed by atoms with Crippen molar-refractivity contribution in [3.05, 3.63) is 40.9 Å². The Morgan fingerprint density at radius 3 is 2.04 bits per heavy atom. The fourth-order valence-electron chi connectivity index (χ4n) is 2.59. The highest BCUT2D eigenvalue weighted by Gasteiger charge is 2.52. The van der Waals surface area contributed by atoms with E-state index in [9.17, 15) is 9.59 Å². The fourth-order valence-corrected chi connectivity index (χ4v) is 3.18. The van der Waals surface area contributed by atoms with Gasteiger partial charge in [0.2, 0.25) is 0 Å². The lowest BCUT2D eigenvalue weighted by Gasteiger charge is -2.32. The van der Waals surface area contributed by atoms with Gasteiger partial charge in [0.1, 0.15) is 5.78 Å². The molecule has 1 saturated heterocycles. The van der Waals surface area contributed by atoms with Crippen LogP contribution in [0.15, 0.2) is 29.7 Å². The van der Waals surface area contributed by atoms with Crippen LogP contribution < -0.4 is 0 Å². The Morgan fingerprint density at radius 1 is 1.04 bits per heavy atom. The third-order valence-corrected chi connectivity index (χ3v) is 5.67. The van der Waals surface area contributed by atoms with E-state index in [-0.39, 0.29) is 10.9 Å². The van der Waals surface area contributed by atoms with Gasteiger partial charge < -0.3 is 9.31 Å². The van der Waals surface area contributed by atoms with Crippen LogP contribution in [0.1, 0.15) is 52.7 Å². The second kappa shape index (κ2) is 8.11. The summed E-state index contributed by atoms with van der Waals surface area (Å²) in [5, 5.41) is 0.0595. The fraction of sp³-hybridized carbons (Fsp3) is 0.500. The van der Waals surface area contributed by atoms with E-state index in [0.29, 0.717) is 12.2 Å². The molecule has 0 aliphatic carbocycles. The van der Waals surface area contributed by atoms with Crippen LogP contribution in [0.2, 0.25) is 0 Å². The number of Topliss-reactive ketones (excluding diaryl/α,β-unsaturated/α-hetero) is 1. The SMILES string of the molecule is CC(=O)Cc1ccc(C=C(CSC(C)=O)B2OC(C)(C)C(C)(C)O2)cc1. The number of rotatable bonds is 6. The van der Waals surface area contributed by atoms with Crippen molar-refractivity contribution >= 4 is 35.9 Å². The molecule has 0 radical (unpaired) electrons. The number of thioether (sulfide) groups is 1. The average Bonchev–Trinajstić information content (AvgIpc) is 2.72. The lowest BCUT2D eigenvalue weighted by atomic mass is 9.78. The second-order valence-corrected chi connectivity index (χ2v) is 8.86. The third-order valence-electron chi connectivity index (χ3n) is 4.78. The Bertz CT molecular complexity index is 691. The van der Waals surface area contributed by atoms with Crippen LogP contribution in [0.4, 0.5) is 0 Å². The first-order chi connectivity index (χ1) is 12.0. The molecule has 0 atom stereocenters. The molecule has 0 spiro atoms. The molecule has 4 nitrogen and oxygen atoms in total. The van der Waals surface area contributed by atoms with Crippen molar-refractivity contribution < 1.29 is 18.9 Å². The number of benzene rings is 1. The normalized spacial score (nSPS) is 18.8. The molecule has 0 saturated carbocycles. The molecule has 1 aliphatic heterocycles. The molecular weight excluding hydrogens is 347 g/mol. The van der Waals surface area contributed by atoms with Gasteiger partial charge in [0.05, 0.1) is 11.2 Å². The van der Waals surface area contributed by atoms with Crippen molar-refractivity contribution in [3.8, 4) is 0 Å². The molecule has 0 aromatic heterocycles. The van der Waals surface area contributed by atoms with Gasteiger partial charge in [-0.1, -0.05) is 42.1 Å². The van der Waals surface area contributed by atoms with Gasteiger partial charge in [-0.15, -0.1) is 0 Å². The van der Waals surface area contributed by atoms with Crippen molar-refractivity contribution in [2.45, 2.75) is 59.2 Å². The summed E-state index contributed by atoms with van der Waals surface area (Å²) < 4.78 is 12.3. The highest BCUT2D eigenvalue weighted by atomic mass is 32.2. The van der Waals surface area contributed by atoms with Crippen molar-refractivity contribution in [2.75, 3.05) is 5.75 Å². The topological polar surface area (TPSA) is 52.6 Å². The van der Waals surface area contributed by atoms with E-state index in [1.807, 2.05) is 58.0 Å². The van der Waals surface area contributed by atoms with E-state index in [0.717, 1.165) is 16.6 Å². The standard InChI is InChI=1S/C20H27BO4S/c1-14(22)11-16-7-9-17(10-8-16)12-18(13-26-15(2)23)21-24-19(3,4)20(5,6)25-21/h7-10,12H,11,13H2,1-6H3. The van der Waals surface area contributed by atoms with Crippen LogP contribution in [0.3, 0.4) is 0 Å². The molecule has 0 unspecified atom stereocenters. The molecule has 1 aromatic carbocycles. The zero-order valence-electron chi connectivity index (χ0n) is 16.4. The van der Waals surface area contributed by atoms with Crippen LogP contribution in [-0.4, -0.2) is 35.0 Å². The number of carbonyl (C=O) groups is 2. The van der Waals surface area contributed by atoms with Gasteiger partial charge in [-0.3, -0.25) is 9.59 Å². The largest absolute Gasteiger partial charge is 0.491 e. The van der Waals surface area contributed by atoms with E-state index >= 15 is 0 Å². The maximum Gasteiger partial charge on any atom is 0.491 e. The number of ketones is 1. The summed E-state index contributed by atoms with van der Waals surface area (Å²) in [6, 6.07) is 7.85. The van der Waals surface area contributed by atoms with E-state index in [4.69, 9.17) is 9.31 Å². The molecule has 0 bridgehead atoms. The summed E-state index contributed by atoms with van der Waals surface area (Å²) in [6.07, 6.45) is 2.45. The average molecular weight is 374 g/mol. The van der Waals surface area contributed by atoms with Crippen LogP contribution in [0.25, 0.3) is 6.08 Å². The molecule has 1 heterocycles. The third kappa shape index (κ3) is 5.32. The van der Waals surface area contributed by atoms with Crippen molar-refractivity contribution in [2.24, 2.45) is 0 Å². The van der Waals surface area contributed by atoms with Gasteiger partial charge >= 0.3 is 7.12 Å². The van der Waals surface area contributed by atoms with Crippen LogP contribution in [0, 0.1) is 0 Å². The Morgan fingerprint density at radius 2 is 1.58 bits per heavy atom. The summed E-state index contributed by atoms with van der Waals surface area (Å²) in [4.78, 5) is 22.7. The summed E-state index contributed by atoms with van der Waals surface area (Å²) in [6.45, 7) is 11.2. The molecular formula is C20H27BO4S. The van der Waals surface area contributed by atoms with Crippen molar-refractivity contribution in [1.82, 2.24) is 0 Å². The first-order valence-corrected chi connectivity index (χ1v) is 9.76. The number of carbonyl (C=O) groups excluding carboxylic acids is 2. The minimum absolute atomic E-state index is 0.0595. The lowest BCUT2D eigenvalue weighted by Crippen LogP contribution is -2.41. The minimum atomic E-state index is -0.483. The van der Waals surface area contributed by atoms with Crippen LogP contribution >= 0.6 is 11.8 Å². The van der Waals surface area contributed by atoms with Crippen molar-refractivity contribution in [3.63, 3.8) is 0 Å². The monoisotopic (exact) mass is 374 g/mol. The number of hydrogen-bond donors (Lipinski definition) is 0. The maximum absolute atomic E-state index is 11.4. The Labute approximate surface area is 160 Å². The molecule has 6 heteroatoms. The number of hydrogen-bond acceptors (Lipinski definition) is 5.